The van der Waals surface area contributed by atoms with Crippen molar-refractivity contribution in [3.63, 3.8) is 0 Å². The molecule has 0 radical (unpaired) electrons. The Kier molecular flexibility index (Phi) is 2.90. The third-order valence-corrected chi connectivity index (χ3v) is 2.05. The summed E-state index contributed by atoms with van der Waals surface area (Å²) in [5.41, 5.74) is 6.91. The number of rotatable bonds is 2. The van der Waals surface area contributed by atoms with Crippen LogP contribution in [0.4, 0.5) is 5.82 Å². The molecule has 0 unspecified atom stereocenters. The van der Waals surface area contributed by atoms with E-state index in [1.165, 1.54) is 6.21 Å². The van der Waals surface area contributed by atoms with Crippen LogP contribution < -0.4 is 27.7 Å². The zero-order valence-corrected chi connectivity index (χ0v) is 8.78. The molecule has 0 saturated heterocycles. The minimum absolute atomic E-state index is 0.0365. The highest BCUT2D eigenvalue weighted by atomic mass is 16.2. The summed E-state index contributed by atoms with van der Waals surface area (Å²) in [5, 5.41) is 6.72. The molecule has 2 rings (SSSR count). The summed E-state index contributed by atoms with van der Waals surface area (Å²) < 4.78 is 0. The molecule has 0 atom stereocenters. The quantitative estimate of drug-likeness (QED) is 0.286. The number of guanidine groups is 1. The van der Waals surface area contributed by atoms with E-state index in [0.29, 0.717) is 12.5 Å². The molecule has 0 aliphatic carbocycles. The number of hydrogen-bond acceptors (Lipinski definition) is 7. The van der Waals surface area contributed by atoms with Gasteiger partial charge in [0, 0.05) is 6.54 Å². The SMILES string of the molecule is Nc1[nH]c(=O)[nH]c(=O)c1/C=N/NC1=NCCN1. The van der Waals surface area contributed by atoms with Crippen LogP contribution in [-0.4, -0.2) is 35.2 Å². The third kappa shape index (κ3) is 2.51. The normalized spacial score (nSPS) is 14.7. The van der Waals surface area contributed by atoms with Gasteiger partial charge in [0.05, 0.1) is 12.8 Å². The lowest BCUT2D eigenvalue weighted by molar-refractivity contribution is 0.919. The Labute approximate surface area is 94.8 Å². The predicted molar refractivity (Wildman–Crippen MR) is 63.1 cm³/mol. The average Bonchev–Trinajstić information content (AvgIpc) is 2.74. The first kappa shape index (κ1) is 10.9. The van der Waals surface area contributed by atoms with E-state index in [2.05, 4.69) is 25.8 Å². The van der Waals surface area contributed by atoms with Gasteiger partial charge < -0.3 is 11.1 Å². The number of nitrogens with zero attached hydrogens (tertiary/aromatic N) is 2. The molecule has 0 bridgehead atoms. The number of anilines is 1. The summed E-state index contributed by atoms with van der Waals surface area (Å²) in [6.45, 7) is 1.43. The number of nitrogens with two attached hydrogens (primary N) is 1. The van der Waals surface area contributed by atoms with Gasteiger partial charge in [0.25, 0.3) is 5.56 Å². The molecule has 0 aromatic carbocycles. The standard InChI is InChI=1S/C8H11N7O2/c9-5-4(6(16)14-8(17)13-5)3-12-15-7-10-1-2-11-7/h3H,1-2H2,(H2,10,11,15)(H4,9,13,14,16,17)/b12-3+. The van der Waals surface area contributed by atoms with Crippen molar-refractivity contribution in [2.75, 3.05) is 18.8 Å². The lowest BCUT2D eigenvalue weighted by Crippen LogP contribution is -2.31. The van der Waals surface area contributed by atoms with E-state index in [1.807, 2.05) is 4.98 Å². The zero-order valence-electron chi connectivity index (χ0n) is 8.78. The fraction of sp³-hybridized carbons (Fsp3) is 0.250. The number of H-pyrrole nitrogens is 2. The maximum atomic E-state index is 11.4. The lowest BCUT2D eigenvalue weighted by atomic mass is 10.3. The van der Waals surface area contributed by atoms with Gasteiger partial charge in [-0.1, -0.05) is 0 Å². The fourth-order valence-electron chi connectivity index (χ4n) is 1.27. The largest absolute Gasteiger partial charge is 0.384 e. The Balaban J connectivity index is 2.15. The van der Waals surface area contributed by atoms with Crippen molar-refractivity contribution in [3.05, 3.63) is 26.4 Å². The van der Waals surface area contributed by atoms with E-state index in [-0.39, 0.29) is 11.4 Å². The Morgan fingerprint density at radius 2 is 2.24 bits per heavy atom. The number of nitrogens with one attached hydrogen (secondary N) is 4. The molecule has 1 aliphatic heterocycles. The van der Waals surface area contributed by atoms with Crippen LogP contribution in [0.5, 0.6) is 0 Å². The smallest absolute Gasteiger partial charge is 0.327 e. The van der Waals surface area contributed by atoms with Gasteiger partial charge in [-0.2, -0.15) is 5.10 Å². The van der Waals surface area contributed by atoms with Crippen LogP contribution in [0.3, 0.4) is 0 Å². The van der Waals surface area contributed by atoms with Crippen LogP contribution in [0, 0.1) is 0 Å². The van der Waals surface area contributed by atoms with Crippen molar-refractivity contribution >= 4 is 18.0 Å². The highest BCUT2D eigenvalue weighted by molar-refractivity contribution is 5.87. The maximum Gasteiger partial charge on any atom is 0.327 e. The molecule has 0 spiro atoms. The summed E-state index contributed by atoms with van der Waals surface area (Å²) in [7, 11) is 0. The van der Waals surface area contributed by atoms with Gasteiger partial charge in [-0.15, -0.1) is 0 Å². The first-order valence-corrected chi connectivity index (χ1v) is 4.86. The van der Waals surface area contributed by atoms with E-state index in [1.54, 1.807) is 0 Å². The molecule has 0 fully saturated rings. The lowest BCUT2D eigenvalue weighted by Gasteiger charge is -2.00. The van der Waals surface area contributed by atoms with E-state index >= 15 is 0 Å². The molecule has 17 heavy (non-hydrogen) atoms. The highest BCUT2D eigenvalue weighted by Gasteiger charge is 2.04. The molecule has 6 N–H and O–H groups in total. The summed E-state index contributed by atoms with van der Waals surface area (Å²) in [5.74, 6) is 0.492. The molecule has 1 aliphatic rings. The highest BCUT2D eigenvalue weighted by Crippen LogP contribution is 1.93. The van der Waals surface area contributed by atoms with Crippen molar-refractivity contribution in [3.8, 4) is 0 Å². The topological polar surface area (TPSA) is 141 Å². The predicted octanol–water partition coefficient (Wildman–Crippen LogP) is -2.47. The fourth-order valence-corrected chi connectivity index (χ4v) is 1.27. The Bertz CT molecular complexity index is 582. The number of aliphatic imine (C=N–C) groups is 1. The molecular formula is C8H11N7O2. The molecule has 9 nitrogen and oxygen atoms in total. The summed E-state index contributed by atoms with van der Waals surface area (Å²) >= 11 is 0. The first-order valence-electron chi connectivity index (χ1n) is 4.86. The Morgan fingerprint density at radius 1 is 1.41 bits per heavy atom. The zero-order chi connectivity index (χ0) is 12.3. The van der Waals surface area contributed by atoms with Crippen molar-refractivity contribution in [2.45, 2.75) is 0 Å². The minimum Gasteiger partial charge on any atom is -0.384 e. The van der Waals surface area contributed by atoms with Gasteiger partial charge in [-0.05, 0) is 0 Å². The van der Waals surface area contributed by atoms with Crippen LogP contribution in [0.25, 0.3) is 0 Å². The van der Waals surface area contributed by atoms with Gasteiger partial charge in [0.2, 0.25) is 5.96 Å². The number of hydrogen-bond donors (Lipinski definition) is 5. The summed E-state index contributed by atoms with van der Waals surface area (Å²) in [6.07, 6.45) is 1.21. The second kappa shape index (κ2) is 4.51. The summed E-state index contributed by atoms with van der Waals surface area (Å²) in [4.78, 5) is 30.6. The summed E-state index contributed by atoms with van der Waals surface area (Å²) in [6, 6.07) is 0. The van der Waals surface area contributed by atoms with Gasteiger partial charge in [-0.25, -0.2) is 15.2 Å². The maximum absolute atomic E-state index is 11.4. The van der Waals surface area contributed by atoms with Gasteiger partial charge >= 0.3 is 5.69 Å². The van der Waals surface area contributed by atoms with Crippen LogP contribution in [0.2, 0.25) is 0 Å². The van der Waals surface area contributed by atoms with Crippen LogP contribution in [0.15, 0.2) is 19.7 Å². The van der Waals surface area contributed by atoms with Crippen LogP contribution in [0.1, 0.15) is 5.56 Å². The van der Waals surface area contributed by atoms with E-state index < -0.39 is 11.2 Å². The number of nitrogen functional groups attached to an aromatic ring is 1. The van der Waals surface area contributed by atoms with Gasteiger partial charge in [-0.3, -0.25) is 14.8 Å². The van der Waals surface area contributed by atoms with Crippen LogP contribution >= 0.6 is 0 Å². The molecule has 0 saturated carbocycles. The third-order valence-electron chi connectivity index (χ3n) is 2.05. The van der Waals surface area contributed by atoms with E-state index in [9.17, 15) is 9.59 Å². The van der Waals surface area contributed by atoms with Crippen LogP contribution in [-0.2, 0) is 0 Å². The average molecular weight is 237 g/mol. The Morgan fingerprint density at radius 3 is 2.88 bits per heavy atom. The second-order valence-electron chi connectivity index (χ2n) is 3.26. The first-order chi connectivity index (χ1) is 8.16. The molecule has 1 aromatic rings. The molecule has 90 valence electrons. The molecule has 9 heteroatoms. The molecule has 0 amide bonds. The van der Waals surface area contributed by atoms with Gasteiger partial charge in [0.1, 0.15) is 11.4 Å². The van der Waals surface area contributed by atoms with E-state index in [4.69, 9.17) is 5.73 Å². The van der Waals surface area contributed by atoms with Crippen molar-refractivity contribution in [2.24, 2.45) is 10.1 Å². The van der Waals surface area contributed by atoms with Crippen molar-refractivity contribution in [1.29, 1.82) is 0 Å². The molecule has 1 aromatic heterocycles. The Hall–Kier alpha value is -2.58. The number of aromatic nitrogens is 2. The molecule has 2 heterocycles. The minimum atomic E-state index is -0.653. The van der Waals surface area contributed by atoms with Crippen molar-refractivity contribution < 1.29 is 0 Å². The number of aromatic amines is 2. The van der Waals surface area contributed by atoms with E-state index in [0.717, 1.165) is 6.54 Å². The number of hydrazone groups is 1. The van der Waals surface area contributed by atoms with Crippen molar-refractivity contribution in [1.82, 2.24) is 20.7 Å². The second-order valence-corrected chi connectivity index (χ2v) is 3.26. The van der Waals surface area contributed by atoms with Gasteiger partial charge in [0.15, 0.2) is 0 Å². The molecular weight excluding hydrogens is 226 g/mol. The monoisotopic (exact) mass is 237 g/mol.